The van der Waals surface area contributed by atoms with Gasteiger partial charge in [0, 0.05) is 23.7 Å². The second kappa shape index (κ2) is 4.94. The molecule has 0 saturated carbocycles. The highest BCUT2D eigenvalue weighted by Gasteiger charge is 2.35. The first kappa shape index (κ1) is 14.0. The number of rotatable bonds is 3. The predicted octanol–water partition coefficient (Wildman–Crippen LogP) is 2.26. The molecule has 1 aliphatic heterocycles. The molecule has 2 rings (SSSR count). The molecule has 1 amide bonds. The van der Waals surface area contributed by atoms with Crippen molar-refractivity contribution in [1.29, 1.82) is 0 Å². The van der Waals surface area contributed by atoms with Crippen LogP contribution in [0.5, 0.6) is 0 Å². The number of fused-ring (bicyclic) bond motifs is 1. The minimum Gasteiger partial charge on any atom is -0.310 e. The normalized spacial score (nSPS) is 15.1. The van der Waals surface area contributed by atoms with E-state index in [1.807, 2.05) is 0 Å². The summed E-state index contributed by atoms with van der Waals surface area (Å²) in [5.41, 5.74) is 1.03. The van der Waals surface area contributed by atoms with Crippen LogP contribution in [0.4, 0.5) is 5.69 Å². The quantitative estimate of drug-likeness (QED) is 0.864. The van der Waals surface area contributed by atoms with Gasteiger partial charge in [0.1, 0.15) is 0 Å². The van der Waals surface area contributed by atoms with Crippen molar-refractivity contribution < 1.29 is 9.59 Å². The highest BCUT2D eigenvalue weighted by Crippen LogP contribution is 2.30. The molecular formula is C14H17ClN2O2. The van der Waals surface area contributed by atoms with Crippen LogP contribution in [0, 0.1) is 0 Å². The van der Waals surface area contributed by atoms with Crippen LogP contribution in [0.2, 0.25) is 5.02 Å². The van der Waals surface area contributed by atoms with Crippen molar-refractivity contribution in [2.75, 3.05) is 18.0 Å². The number of halogens is 1. The molecule has 1 heterocycles. The number of carbonyl (C=O) groups excluding carboxylic acids is 2. The van der Waals surface area contributed by atoms with E-state index in [4.69, 9.17) is 11.6 Å². The van der Waals surface area contributed by atoms with Gasteiger partial charge in [-0.3, -0.25) is 9.59 Å². The maximum absolute atomic E-state index is 11.9. The van der Waals surface area contributed by atoms with Crippen molar-refractivity contribution >= 4 is 29.0 Å². The van der Waals surface area contributed by atoms with Crippen molar-refractivity contribution in [2.45, 2.75) is 26.3 Å². The predicted molar refractivity (Wildman–Crippen MR) is 75.9 cm³/mol. The molecule has 0 aromatic heterocycles. The molecule has 0 saturated heterocycles. The Balaban J connectivity index is 2.15. The molecule has 0 fully saturated rings. The smallest absolute Gasteiger partial charge is 0.299 e. The Kier molecular flexibility index (Phi) is 3.65. The lowest BCUT2D eigenvalue weighted by molar-refractivity contribution is -0.114. The van der Waals surface area contributed by atoms with Crippen molar-refractivity contribution in [3.63, 3.8) is 0 Å². The van der Waals surface area contributed by atoms with Gasteiger partial charge in [0.25, 0.3) is 11.7 Å². The number of ketones is 1. The third kappa shape index (κ3) is 2.96. The van der Waals surface area contributed by atoms with E-state index in [0.29, 0.717) is 29.4 Å². The van der Waals surface area contributed by atoms with E-state index in [1.54, 1.807) is 18.2 Å². The van der Waals surface area contributed by atoms with E-state index in [-0.39, 0.29) is 5.54 Å². The van der Waals surface area contributed by atoms with Crippen LogP contribution >= 0.6 is 11.6 Å². The zero-order valence-corrected chi connectivity index (χ0v) is 12.0. The summed E-state index contributed by atoms with van der Waals surface area (Å²) >= 11 is 5.85. The van der Waals surface area contributed by atoms with Crippen LogP contribution in [0.15, 0.2) is 18.2 Å². The average molecular weight is 281 g/mol. The summed E-state index contributed by atoms with van der Waals surface area (Å²) in [5.74, 6) is -0.957. The van der Waals surface area contributed by atoms with E-state index in [2.05, 4.69) is 26.1 Å². The molecule has 102 valence electrons. The number of anilines is 1. The van der Waals surface area contributed by atoms with Gasteiger partial charge in [-0.05, 0) is 39.0 Å². The highest BCUT2D eigenvalue weighted by molar-refractivity contribution is 6.52. The molecule has 0 bridgehead atoms. The number of Topliss-reactive ketones (excluding diaryl/α,β-unsaturated/α-hetero) is 1. The summed E-state index contributed by atoms with van der Waals surface area (Å²) in [7, 11) is 0. The monoisotopic (exact) mass is 280 g/mol. The minimum atomic E-state index is -0.479. The fourth-order valence-electron chi connectivity index (χ4n) is 2.04. The second-order valence-corrected chi connectivity index (χ2v) is 6.06. The summed E-state index contributed by atoms with van der Waals surface area (Å²) in [6, 6.07) is 4.96. The Hall–Kier alpha value is -1.39. The van der Waals surface area contributed by atoms with Crippen LogP contribution in [0.1, 0.15) is 31.1 Å². The van der Waals surface area contributed by atoms with Crippen LogP contribution in [0.3, 0.4) is 0 Å². The third-order valence-electron chi connectivity index (χ3n) is 2.92. The molecule has 1 aromatic carbocycles. The number of hydrogen-bond acceptors (Lipinski definition) is 3. The summed E-state index contributed by atoms with van der Waals surface area (Å²) in [5, 5.41) is 3.76. The number of hydrogen-bond donors (Lipinski definition) is 1. The van der Waals surface area contributed by atoms with Gasteiger partial charge < -0.3 is 10.2 Å². The molecule has 1 aliphatic rings. The average Bonchev–Trinajstić information content (AvgIpc) is 2.53. The lowest BCUT2D eigenvalue weighted by atomic mass is 10.1. The summed E-state index contributed by atoms with van der Waals surface area (Å²) in [6.07, 6.45) is 0. The summed E-state index contributed by atoms with van der Waals surface area (Å²) < 4.78 is 0. The number of benzene rings is 1. The Morgan fingerprint density at radius 1 is 1.26 bits per heavy atom. The topological polar surface area (TPSA) is 49.4 Å². The van der Waals surface area contributed by atoms with Crippen LogP contribution < -0.4 is 10.2 Å². The Morgan fingerprint density at radius 2 is 1.95 bits per heavy atom. The SMILES string of the molecule is CC(C)(C)NCCN1C(=O)C(=O)c2cc(Cl)ccc21. The van der Waals surface area contributed by atoms with Crippen molar-refractivity contribution in [1.82, 2.24) is 5.32 Å². The first-order valence-corrected chi connectivity index (χ1v) is 6.58. The van der Waals surface area contributed by atoms with Gasteiger partial charge >= 0.3 is 0 Å². The van der Waals surface area contributed by atoms with E-state index in [9.17, 15) is 9.59 Å². The second-order valence-electron chi connectivity index (χ2n) is 5.62. The minimum absolute atomic E-state index is 0.0182. The number of carbonyl (C=O) groups is 2. The molecule has 0 radical (unpaired) electrons. The Bertz CT molecular complexity index is 535. The number of amides is 1. The maximum atomic E-state index is 11.9. The molecule has 0 aliphatic carbocycles. The Labute approximate surface area is 117 Å². The number of nitrogens with zero attached hydrogens (tertiary/aromatic N) is 1. The first-order chi connectivity index (χ1) is 8.79. The molecule has 0 atom stereocenters. The summed E-state index contributed by atoms with van der Waals surface area (Å²) in [4.78, 5) is 25.3. The van der Waals surface area contributed by atoms with Crippen LogP contribution in [-0.2, 0) is 4.79 Å². The molecular weight excluding hydrogens is 264 g/mol. The number of nitrogens with one attached hydrogen (secondary N) is 1. The zero-order valence-electron chi connectivity index (χ0n) is 11.3. The first-order valence-electron chi connectivity index (χ1n) is 6.20. The summed E-state index contributed by atoms with van der Waals surface area (Å²) in [6.45, 7) is 7.26. The van der Waals surface area contributed by atoms with Gasteiger partial charge in [0.05, 0.1) is 11.3 Å². The molecule has 0 unspecified atom stereocenters. The van der Waals surface area contributed by atoms with Gasteiger partial charge in [0.2, 0.25) is 0 Å². The lowest BCUT2D eigenvalue weighted by Gasteiger charge is -2.23. The molecule has 4 nitrogen and oxygen atoms in total. The zero-order chi connectivity index (χ0) is 14.2. The lowest BCUT2D eigenvalue weighted by Crippen LogP contribution is -2.42. The van der Waals surface area contributed by atoms with Crippen LogP contribution in [-0.4, -0.2) is 30.3 Å². The van der Waals surface area contributed by atoms with Gasteiger partial charge in [-0.25, -0.2) is 0 Å². The van der Waals surface area contributed by atoms with E-state index in [1.165, 1.54) is 4.90 Å². The highest BCUT2D eigenvalue weighted by atomic mass is 35.5. The van der Waals surface area contributed by atoms with Gasteiger partial charge in [-0.1, -0.05) is 11.6 Å². The Morgan fingerprint density at radius 3 is 2.58 bits per heavy atom. The molecule has 5 heteroatoms. The fraction of sp³-hybridized carbons (Fsp3) is 0.429. The van der Waals surface area contributed by atoms with Crippen molar-refractivity contribution in [3.05, 3.63) is 28.8 Å². The standard InChI is InChI=1S/C14H17ClN2O2/c1-14(2,3)16-6-7-17-11-5-4-9(15)8-10(11)12(18)13(17)19/h4-5,8,16H,6-7H2,1-3H3. The molecule has 19 heavy (non-hydrogen) atoms. The van der Waals surface area contributed by atoms with Gasteiger partial charge in [-0.15, -0.1) is 0 Å². The fourth-order valence-corrected chi connectivity index (χ4v) is 2.21. The largest absolute Gasteiger partial charge is 0.310 e. The van der Waals surface area contributed by atoms with Crippen LogP contribution in [0.25, 0.3) is 0 Å². The third-order valence-corrected chi connectivity index (χ3v) is 3.16. The van der Waals surface area contributed by atoms with E-state index in [0.717, 1.165) is 0 Å². The van der Waals surface area contributed by atoms with E-state index >= 15 is 0 Å². The van der Waals surface area contributed by atoms with Gasteiger partial charge in [0.15, 0.2) is 0 Å². The maximum Gasteiger partial charge on any atom is 0.299 e. The molecule has 1 aromatic rings. The van der Waals surface area contributed by atoms with Gasteiger partial charge in [-0.2, -0.15) is 0 Å². The van der Waals surface area contributed by atoms with E-state index < -0.39 is 11.7 Å². The molecule has 1 N–H and O–H groups in total. The van der Waals surface area contributed by atoms with Crippen molar-refractivity contribution in [3.8, 4) is 0 Å². The molecule has 0 spiro atoms. The van der Waals surface area contributed by atoms with Crippen molar-refractivity contribution in [2.24, 2.45) is 0 Å².